The van der Waals surface area contributed by atoms with Crippen LogP contribution in [-0.4, -0.2) is 36.1 Å². The van der Waals surface area contributed by atoms with E-state index >= 15 is 0 Å². The summed E-state index contributed by atoms with van der Waals surface area (Å²) < 4.78 is 37.0. The van der Waals surface area contributed by atoms with E-state index in [4.69, 9.17) is 5.73 Å². The van der Waals surface area contributed by atoms with Crippen molar-refractivity contribution in [2.24, 2.45) is 5.73 Å². The molecule has 0 spiro atoms. The van der Waals surface area contributed by atoms with Gasteiger partial charge in [-0.05, 0) is 24.6 Å². The number of rotatable bonds is 5. The molecule has 1 aromatic rings. The van der Waals surface area contributed by atoms with E-state index < -0.39 is 24.7 Å². The number of nitrogens with zero attached hydrogens (tertiary/aromatic N) is 1. The zero-order chi connectivity index (χ0) is 16.0. The molecule has 0 heterocycles. The Bertz CT molecular complexity index is 518. The predicted octanol–water partition coefficient (Wildman–Crippen LogP) is 2.13. The van der Waals surface area contributed by atoms with Gasteiger partial charge >= 0.3 is 12.2 Å². The molecule has 0 aliphatic heterocycles. The lowest BCUT2D eigenvalue weighted by molar-refractivity contribution is -0.139. The summed E-state index contributed by atoms with van der Waals surface area (Å²) in [5.74, 6) is -0.536. The number of amides is 3. The second-order valence-electron chi connectivity index (χ2n) is 4.40. The van der Waals surface area contributed by atoms with Crippen LogP contribution in [0.4, 0.5) is 23.7 Å². The van der Waals surface area contributed by atoms with E-state index in [-0.39, 0.29) is 13.0 Å². The summed E-state index contributed by atoms with van der Waals surface area (Å²) in [6.45, 7) is 0.0530. The zero-order valence-corrected chi connectivity index (χ0v) is 11.4. The standard InChI is InChI=1S/C13H16F3N3O2/c1-2-19(8-13(14,15)16)12(21)18-10-5-3-4-9(6-10)7-11(17)20/h3-6H,2,7-8H2,1H3,(H2,17,20)(H,18,21). The SMILES string of the molecule is CCN(CC(F)(F)F)C(=O)Nc1cccc(CC(N)=O)c1. The molecule has 0 bridgehead atoms. The van der Waals surface area contributed by atoms with Crippen molar-refractivity contribution >= 4 is 17.6 Å². The number of alkyl halides is 3. The Balaban J connectivity index is 2.75. The van der Waals surface area contributed by atoms with Crippen LogP contribution in [0.15, 0.2) is 24.3 Å². The molecule has 0 radical (unpaired) electrons. The lowest BCUT2D eigenvalue weighted by atomic mass is 10.1. The monoisotopic (exact) mass is 303 g/mol. The zero-order valence-electron chi connectivity index (χ0n) is 11.4. The van der Waals surface area contributed by atoms with Crippen LogP contribution in [0.25, 0.3) is 0 Å². The smallest absolute Gasteiger partial charge is 0.369 e. The molecule has 3 N–H and O–H groups in total. The van der Waals surface area contributed by atoms with Crippen molar-refractivity contribution in [1.82, 2.24) is 4.90 Å². The maximum atomic E-state index is 12.3. The molecule has 0 saturated carbocycles. The van der Waals surface area contributed by atoms with E-state index in [0.29, 0.717) is 16.2 Å². The van der Waals surface area contributed by atoms with Crippen LogP contribution < -0.4 is 11.1 Å². The third kappa shape index (κ3) is 6.15. The number of carbonyl (C=O) groups is 2. The highest BCUT2D eigenvalue weighted by molar-refractivity contribution is 5.89. The molecule has 1 rings (SSSR count). The number of halogens is 3. The highest BCUT2D eigenvalue weighted by atomic mass is 19.4. The van der Waals surface area contributed by atoms with E-state index in [0.717, 1.165) is 0 Å². The molecule has 5 nitrogen and oxygen atoms in total. The summed E-state index contributed by atoms with van der Waals surface area (Å²) in [4.78, 5) is 23.2. The lowest BCUT2D eigenvalue weighted by Crippen LogP contribution is -2.41. The fourth-order valence-corrected chi connectivity index (χ4v) is 1.71. The van der Waals surface area contributed by atoms with Crippen molar-refractivity contribution in [3.8, 4) is 0 Å². The number of hydrogen-bond donors (Lipinski definition) is 2. The average molecular weight is 303 g/mol. The lowest BCUT2D eigenvalue weighted by Gasteiger charge is -2.22. The van der Waals surface area contributed by atoms with Crippen molar-refractivity contribution in [2.45, 2.75) is 19.5 Å². The van der Waals surface area contributed by atoms with E-state index in [1.165, 1.54) is 19.1 Å². The highest BCUT2D eigenvalue weighted by Gasteiger charge is 2.32. The van der Waals surface area contributed by atoms with Gasteiger partial charge in [0.15, 0.2) is 0 Å². The largest absolute Gasteiger partial charge is 0.406 e. The van der Waals surface area contributed by atoms with Gasteiger partial charge in [0.05, 0.1) is 6.42 Å². The molecule has 0 aromatic heterocycles. The summed E-state index contributed by atoms with van der Waals surface area (Å²) in [5, 5.41) is 2.36. The van der Waals surface area contributed by atoms with Crippen LogP contribution in [0, 0.1) is 0 Å². The van der Waals surface area contributed by atoms with Gasteiger partial charge in [-0.15, -0.1) is 0 Å². The normalized spacial score (nSPS) is 11.0. The number of hydrogen-bond acceptors (Lipinski definition) is 2. The third-order valence-electron chi connectivity index (χ3n) is 2.60. The van der Waals surface area contributed by atoms with Crippen LogP contribution in [0.5, 0.6) is 0 Å². The Hall–Kier alpha value is -2.25. The Labute approximate surface area is 119 Å². The van der Waals surface area contributed by atoms with Crippen LogP contribution in [0.3, 0.4) is 0 Å². The quantitative estimate of drug-likeness (QED) is 0.874. The first kappa shape index (κ1) is 16.8. The predicted molar refractivity (Wildman–Crippen MR) is 71.7 cm³/mol. The molecule has 116 valence electrons. The second kappa shape index (κ2) is 6.96. The Morgan fingerprint density at radius 3 is 2.52 bits per heavy atom. The van der Waals surface area contributed by atoms with Crippen LogP contribution in [-0.2, 0) is 11.2 Å². The molecular formula is C13H16F3N3O2. The number of nitrogens with two attached hydrogens (primary N) is 1. The first-order valence-corrected chi connectivity index (χ1v) is 6.21. The molecule has 0 unspecified atom stereocenters. The van der Waals surface area contributed by atoms with Gasteiger partial charge in [0.1, 0.15) is 6.54 Å². The van der Waals surface area contributed by atoms with Crippen molar-refractivity contribution in [3.05, 3.63) is 29.8 Å². The van der Waals surface area contributed by atoms with E-state index in [2.05, 4.69) is 5.32 Å². The molecular weight excluding hydrogens is 287 g/mol. The highest BCUT2D eigenvalue weighted by Crippen LogP contribution is 2.18. The summed E-state index contributed by atoms with van der Waals surface area (Å²) in [6.07, 6.45) is -4.47. The van der Waals surface area contributed by atoms with Crippen LogP contribution in [0.1, 0.15) is 12.5 Å². The molecule has 0 fully saturated rings. The Kier molecular flexibility index (Phi) is 5.57. The molecule has 1 aromatic carbocycles. The summed E-state index contributed by atoms with van der Waals surface area (Å²) >= 11 is 0. The van der Waals surface area contributed by atoms with E-state index in [1.807, 2.05) is 0 Å². The maximum absolute atomic E-state index is 12.3. The van der Waals surface area contributed by atoms with Gasteiger partial charge in [-0.25, -0.2) is 4.79 Å². The minimum absolute atomic E-state index is 0.0102. The average Bonchev–Trinajstić information content (AvgIpc) is 2.34. The van der Waals surface area contributed by atoms with Crippen LogP contribution in [0.2, 0.25) is 0 Å². The Morgan fingerprint density at radius 2 is 2.00 bits per heavy atom. The molecule has 21 heavy (non-hydrogen) atoms. The maximum Gasteiger partial charge on any atom is 0.406 e. The van der Waals surface area contributed by atoms with E-state index in [9.17, 15) is 22.8 Å². The second-order valence-corrected chi connectivity index (χ2v) is 4.40. The topological polar surface area (TPSA) is 75.4 Å². The van der Waals surface area contributed by atoms with Crippen molar-refractivity contribution in [3.63, 3.8) is 0 Å². The first-order valence-electron chi connectivity index (χ1n) is 6.21. The van der Waals surface area contributed by atoms with Gasteiger partial charge in [-0.3, -0.25) is 4.79 Å². The Morgan fingerprint density at radius 1 is 1.33 bits per heavy atom. The van der Waals surface area contributed by atoms with Gasteiger partial charge in [0, 0.05) is 12.2 Å². The summed E-state index contributed by atoms with van der Waals surface area (Å²) in [6, 6.07) is 5.36. The molecule has 8 heteroatoms. The minimum atomic E-state index is -4.46. The summed E-state index contributed by atoms with van der Waals surface area (Å²) in [5.41, 5.74) is 5.93. The minimum Gasteiger partial charge on any atom is -0.369 e. The van der Waals surface area contributed by atoms with Crippen LogP contribution >= 0.6 is 0 Å². The number of benzene rings is 1. The van der Waals surface area contributed by atoms with Gasteiger partial charge in [-0.1, -0.05) is 12.1 Å². The molecule has 0 saturated heterocycles. The molecule has 0 aliphatic carbocycles. The molecule has 3 amide bonds. The third-order valence-corrected chi connectivity index (χ3v) is 2.60. The van der Waals surface area contributed by atoms with Crippen molar-refractivity contribution < 1.29 is 22.8 Å². The molecule has 0 atom stereocenters. The van der Waals surface area contributed by atoms with Gasteiger partial charge < -0.3 is 16.0 Å². The van der Waals surface area contributed by atoms with Gasteiger partial charge in [-0.2, -0.15) is 13.2 Å². The fraction of sp³-hybridized carbons (Fsp3) is 0.385. The van der Waals surface area contributed by atoms with Gasteiger partial charge in [0.2, 0.25) is 5.91 Å². The fourth-order valence-electron chi connectivity index (χ4n) is 1.71. The molecule has 0 aliphatic rings. The van der Waals surface area contributed by atoms with E-state index in [1.54, 1.807) is 12.1 Å². The number of urea groups is 1. The first-order chi connectivity index (χ1) is 9.71. The van der Waals surface area contributed by atoms with Crippen molar-refractivity contribution in [2.75, 3.05) is 18.4 Å². The number of carbonyl (C=O) groups excluding carboxylic acids is 2. The number of nitrogens with one attached hydrogen (secondary N) is 1. The van der Waals surface area contributed by atoms with Gasteiger partial charge in [0.25, 0.3) is 0 Å². The van der Waals surface area contributed by atoms with Crippen molar-refractivity contribution in [1.29, 1.82) is 0 Å². The summed E-state index contributed by atoms with van der Waals surface area (Å²) in [7, 11) is 0. The number of primary amides is 1. The number of anilines is 1.